The third-order valence-corrected chi connectivity index (χ3v) is 2.75. The summed E-state index contributed by atoms with van der Waals surface area (Å²) in [5.41, 5.74) is 2.76. The lowest BCUT2D eigenvalue weighted by atomic mass is 10.2. The van der Waals surface area contributed by atoms with Gasteiger partial charge in [0.05, 0.1) is 12.4 Å². The van der Waals surface area contributed by atoms with Gasteiger partial charge in [0.25, 0.3) is 0 Å². The Morgan fingerprint density at radius 3 is 3.10 bits per heavy atom. The zero-order valence-corrected chi connectivity index (χ0v) is 11.5. The van der Waals surface area contributed by atoms with Gasteiger partial charge in [0.1, 0.15) is 12.4 Å². The fourth-order valence-electron chi connectivity index (χ4n) is 1.84. The van der Waals surface area contributed by atoms with Crippen LogP contribution in [0.25, 0.3) is 0 Å². The normalized spacial score (nSPS) is 10.6. The number of nitrogen functional groups attached to an aromatic ring is 1. The van der Waals surface area contributed by atoms with Gasteiger partial charge >= 0.3 is 5.91 Å². The Hall–Kier alpha value is -2.28. The largest absolute Gasteiger partial charge is 0.482 e. The van der Waals surface area contributed by atoms with E-state index < -0.39 is 5.91 Å². The first-order valence-electron chi connectivity index (χ1n) is 6.39. The third-order valence-electron chi connectivity index (χ3n) is 2.75. The maximum Gasteiger partial charge on any atom is 0.301 e. The van der Waals surface area contributed by atoms with E-state index in [4.69, 9.17) is 15.0 Å². The number of nitrogens with zero attached hydrogens (tertiary/aromatic N) is 2. The number of hydrazine groups is 1. The van der Waals surface area contributed by atoms with Crippen LogP contribution in [0, 0.1) is 6.92 Å². The molecule has 2 heterocycles. The Labute approximate surface area is 116 Å². The van der Waals surface area contributed by atoms with Crippen LogP contribution in [0.5, 0.6) is 5.75 Å². The van der Waals surface area contributed by atoms with Gasteiger partial charge in [-0.3, -0.25) is 14.9 Å². The molecule has 0 fully saturated rings. The van der Waals surface area contributed by atoms with Crippen LogP contribution in [0.2, 0.25) is 0 Å². The molecule has 20 heavy (non-hydrogen) atoms. The van der Waals surface area contributed by atoms with Crippen molar-refractivity contribution in [2.24, 2.45) is 5.84 Å². The number of rotatable bonds is 6. The molecule has 3 N–H and O–H groups in total. The van der Waals surface area contributed by atoms with Crippen molar-refractivity contribution in [2.75, 3.05) is 0 Å². The summed E-state index contributed by atoms with van der Waals surface area (Å²) in [4.78, 5) is 11.4. The molecule has 0 aliphatic carbocycles. The molecular formula is C13H18N4O3. The first-order valence-corrected chi connectivity index (χ1v) is 6.39. The van der Waals surface area contributed by atoms with Gasteiger partial charge in [0.2, 0.25) is 0 Å². The Morgan fingerprint density at radius 1 is 1.60 bits per heavy atom. The fourth-order valence-corrected chi connectivity index (χ4v) is 1.84. The molecular weight excluding hydrogens is 260 g/mol. The maximum atomic E-state index is 11.4. The van der Waals surface area contributed by atoms with E-state index in [0.29, 0.717) is 17.1 Å². The van der Waals surface area contributed by atoms with Crippen molar-refractivity contribution < 1.29 is 13.9 Å². The molecule has 1 amide bonds. The van der Waals surface area contributed by atoms with E-state index in [1.165, 1.54) is 0 Å². The molecule has 0 aliphatic rings. The SMILES string of the molecule is CCCn1cc(OCc2cc(C)c(C(=O)NN)o2)cn1. The number of carbonyl (C=O) groups is 1. The van der Waals surface area contributed by atoms with Crippen molar-refractivity contribution >= 4 is 5.91 Å². The van der Waals surface area contributed by atoms with E-state index in [-0.39, 0.29) is 12.4 Å². The predicted molar refractivity (Wildman–Crippen MR) is 71.9 cm³/mol. The van der Waals surface area contributed by atoms with Gasteiger partial charge in [-0.2, -0.15) is 5.10 Å². The number of nitrogens with two attached hydrogens (primary N) is 1. The van der Waals surface area contributed by atoms with Crippen LogP contribution in [0.4, 0.5) is 0 Å². The van der Waals surface area contributed by atoms with Crippen molar-refractivity contribution in [1.82, 2.24) is 15.2 Å². The molecule has 2 rings (SSSR count). The van der Waals surface area contributed by atoms with Gasteiger partial charge in [-0.1, -0.05) is 6.92 Å². The summed E-state index contributed by atoms with van der Waals surface area (Å²) in [6.45, 7) is 4.94. The van der Waals surface area contributed by atoms with Gasteiger partial charge in [-0.25, -0.2) is 5.84 Å². The zero-order valence-electron chi connectivity index (χ0n) is 11.5. The summed E-state index contributed by atoms with van der Waals surface area (Å²) in [5.74, 6) is 6.05. The van der Waals surface area contributed by atoms with E-state index in [0.717, 1.165) is 13.0 Å². The van der Waals surface area contributed by atoms with Gasteiger partial charge in [0.15, 0.2) is 11.5 Å². The molecule has 0 bridgehead atoms. The average Bonchev–Trinajstić information content (AvgIpc) is 3.03. The van der Waals surface area contributed by atoms with Gasteiger partial charge < -0.3 is 9.15 Å². The molecule has 0 saturated heterocycles. The Bertz CT molecular complexity index is 588. The van der Waals surface area contributed by atoms with Crippen molar-refractivity contribution in [3.8, 4) is 5.75 Å². The Balaban J connectivity index is 1.98. The highest BCUT2D eigenvalue weighted by molar-refractivity contribution is 5.92. The molecule has 7 heteroatoms. The monoisotopic (exact) mass is 278 g/mol. The summed E-state index contributed by atoms with van der Waals surface area (Å²) in [7, 11) is 0. The molecule has 0 spiro atoms. The van der Waals surface area contributed by atoms with E-state index in [1.807, 2.05) is 16.3 Å². The Kier molecular flexibility index (Phi) is 4.41. The molecule has 2 aromatic rings. The van der Waals surface area contributed by atoms with Crippen molar-refractivity contribution in [3.05, 3.63) is 35.5 Å². The quantitative estimate of drug-likeness (QED) is 0.473. The van der Waals surface area contributed by atoms with E-state index in [1.54, 1.807) is 19.2 Å². The second-order valence-corrected chi connectivity index (χ2v) is 4.43. The van der Waals surface area contributed by atoms with Crippen LogP contribution in [-0.2, 0) is 13.2 Å². The molecule has 0 saturated carbocycles. The number of furan rings is 1. The van der Waals surface area contributed by atoms with Gasteiger partial charge in [0, 0.05) is 12.1 Å². The standard InChI is InChI=1S/C13H18N4O3/c1-3-4-17-7-11(6-15-17)19-8-10-5-9(2)12(20-10)13(18)16-14/h5-7H,3-4,8,14H2,1-2H3,(H,16,18). The lowest BCUT2D eigenvalue weighted by Gasteiger charge is -2.00. The Morgan fingerprint density at radius 2 is 2.40 bits per heavy atom. The van der Waals surface area contributed by atoms with Crippen molar-refractivity contribution in [1.29, 1.82) is 0 Å². The topological polar surface area (TPSA) is 95.3 Å². The number of ether oxygens (including phenoxy) is 1. The van der Waals surface area contributed by atoms with Gasteiger partial charge in [-0.15, -0.1) is 0 Å². The minimum absolute atomic E-state index is 0.202. The molecule has 7 nitrogen and oxygen atoms in total. The molecule has 0 aliphatic heterocycles. The minimum atomic E-state index is -0.454. The number of hydrogen-bond donors (Lipinski definition) is 2. The molecule has 0 radical (unpaired) electrons. The smallest absolute Gasteiger partial charge is 0.301 e. The van der Waals surface area contributed by atoms with Gasteiger partial charge in [-0.05, 0) is 19.4 Å². The first kappa shape index (κ1) is 14.1. The first-order chi connectivity index (χ1) is 9.63. The van der Waals surface area contributed by atoms with Crippen molar-refractivity contribution in [3.63, 3.8) is 0 Å². The number of nitrogens with one attached hydrogen (secondary N) is 1. The number of aromatic nitrogens is 2. The average molecular weight is 278 g/mol. The van der Waals surface area contributed by atoms with Crippen LogP contribution >= 0.6 is 0 Å². The highest BCUT2D eigenvalue weighted by Gasteiger charge is 2.15. The van der Waals surface area contributed by atoms with Crippen LogP contribution in [-0.4, -0.2) is 15.7 Å². The second-order valence-electron chi connectivity index (χ2n) is 4.43. The number of hydrogen-bond acceptors (Lipinski definition) is 5. The maximum absolute atomic E-state index is 11.4. The molecule has 0 atom stereocenters. The van der Waals surface area contributed by atoms with E-state index in [2.05, 4.69) is 12.0 Å². The predicted octanol–water partition coefficient (Wildman–Crippen LogP) is 1.38. The van der Waals surface area contributed by atoms with Crippen LogP contribution in [0.1, 0.15) is 35.2 Å². The van der Waals surface area contributed by atoms with Crippen LogP contribution < -0.4 is 16.0 Å². The summed E-state index contributed by atoms with van der Waals surface area (Å²) in [6.07, 6.45) is 4.49. The summed E-state index contributed by atoms with van der Waals surface area (Å²) in [6, 6.07) is 1.75. The molecule has 0 unspecified atom stereocenters. The second kappa shape index (κ2) is 6.25. The van der Waals surface area contributed by atoms with Crippen molar-refractivity contribution in [2.45, 2.75) is 33.4 Å². The number of amides is 1. The van der Waals surface area contributed by atoms with Crippen LogP contribution in [0.3, 0.4) is 0 Å². The molecule has 0 aromatic carbocycles. The van der Waals surface area contributed by atoms with E-state index >= 15 is 0 Å². The molecule has 2 aromatic heterocycles. The fraction of sp³-hybridized carbons (Fsp3) is 0.385. The summed E-state index contributed by atoms with van der Waals surface area (Å²) < 4.78 is 12.8. The molecule has 108 valence electrons. The lowest BCUT2D eigenvalue weighted by Crippen LogP contribution is -2.30. The van der Waals surface area contributed by atoms with E-state index in [9.17, 15) is 4.79 Å². The zero-order chi connectivity index (χ0) is 14.5. The summed E-state index contributed by atoms with van der Waals surface area (Å²) in [5, 5.41) is 4.16. The number of aryl methyl sites for hydroxylation is 2. The highest BCUT2D eigenvalue weighted by atomic mass is 16.5. The third kappa shape index (κ3) is 3.18. The van der Waals surface area contributed by atoms with Crippen LogP contribution in [0.15, 0.2) is 22.9 Å². The minimum Gasteiger partial charge on any atom is -0.482 e. The number of carbonyl (C=O) groups excluding carboxylic acids is 1. The lowest BCUT2D eigenvalue weighted by molar-refractivity contribution is 0.0921. The highest BCUT2D eigenvalue weighted by Crippen LogP contribution is 2.17. The summed E-state index contributed by atoms with van der Waals surface area (Å²) >= 11 is 0.